The molecule has 0 bridgehead atoms. The van der Waals surface area contributed by atoms with Crippen molar-refractivity contribution in [3.63, 3.8) is 0 Å². The van der Waals surface area contributed by atoms with Crippen molar-refractivity contribution in [2.75, 3.05) is 0 Å². The van der Waals surface area contributed by atoms with E-state index in [4.69, 9.17) is 5.11 Å². The monoisotopic (exact) mass is 259 g/mol. The smallest absolute Gasteiger partial charge is 0.307 e. The number of carboxylic acid groups (broad SMARTS) is 1. The summed E-state index contributed by atoms with van der Waals surface area (Å²) in [5.41, 5.74) is 4.35. The van der Waals surface area contributed by atoms with E-state index in [9.17, 15) is 4.79 Å². The Morgan fingerprint density at radius 3 is 2.79 bits per heavy atom. The number of rotatable bonds is 3. The fourth-order valence-corrected chi connectivity index (χ4v) is 2.65. The van der Waals surface area contributed by atoms with Gasteiger partial charge in [-0.2, -0.15) is 5.10 Å². The summed E-state index contributed by atoms with van der Waals surface area (Å²) < 4.78 is 1.79. The molecule has 1 fully saturated rings. The van der Waals surface area contributed by atoms with Crippen LogP contribution in [0.3, 0.4) is 0 Å². The number of nitrogens with zero attached hydrogens (tertiary/aromatic N) is 3. The summed E-state index contributed by atoms with van der Waals surface area (Å²) >= 11 is 0. The van der Waals surface area contributed by atoms with Gasteiger partial charge in [0.25, 0.3) is 0 Å². The zero-order chi connectivity index (χ0) is 13.6. The molecule has 5 nitrogen and oxygen atoms in total. The van der Waals surface area contributed by atoms with Crippen LogP contribution in [-0.4, -0.2) is 25.7 Å². The number of carbonyl (C=O) groups is 1. The maximum Gasteiger partial charge on any atom is 0.307 e. The highest BCUT2D eigenvalue weighted by Gasteiger charge is 2.23. The summed E-state index contributed by atoms with van der Waals surface area (Å²) in [5, 5.41) is 13.6. The highest BCUT2D eigenvalue weighted by atomic mass is 16.4. The number of aromatic nitrogens is 3. The van der Waals surface area contributed by atoms with Crippen molar-refractivity contribution in [2.24, 2.45) is 0 Å². The molecular formula is C14H17N3O2. The van der Waals surface area contributed by atoms with Crippen molar-refractivity contribution in [1.82, 2.24) is 14.6 Å². The first kappa shape index (κ1) is 12.1. The Morgan fingerprint density at radius 1 is 1.47 bits per heavy atom. The second kappa shape index (κ2) is 4.33. The quantitative estimate of drug-likeness (QED) is 0.918. The van der Waals surface area contributed by atoms with E-state index in [0.717, 1.165) is 28.3 Å². The molecule has 0 saturated heterocycles. The molecule has 19 heavy (non-hydrogen) atoms. The lowest BCUT2D eigenvalue weighted by molar-refractivity contribution is -0.136. The van der Waals surface area contributed by atoms with E-state index in [-0.39, 0.29) is 6.42 Å². The van der Waals surface area contributed by atoms with Crippen molar-refractivity contribution in [2.45, 2.75) is 45.4 Å². The van der Waals surface area contributed by atoms with Gasteiger partial charge in [-0.05, 0) is 26.7 Å². The van der Waals surface area contributed by atoms with Crippen LogP contribution < -0.4 is 0 Å². The van der Waals surface area contributed by atoms with Gasteiger partial charge in [-0.25, -0.2) is 9.50 Å². The minimum atomic E-state index is -0.835. The molecule has 1 N–H and O–H groups in total. The predicted octanol–water partition coefficient (Wildman–Crippen LogP) is 2.24. The van der Waals surface area contributed by atoms with E-state index in [1.165, 1.54) is 19.3 Å². The van der Waals surface area contributed by atoms with Crippen LogP contribution in [0.4, 0.5) is 0 Å². The van der Waals surface area contributed by atoms with Crippen LogP contribution in [0.2, 0.25) is 0 Å². The van der Waals surface area contributed by atoms with Gasteiger partial charge in [-0.1, -0.05) is 6.42 Å². The molecule has 2 heterocycles. The van der Waals surface area contributed by atoms with Gasteiger partial charge in [0.1, 0.15) is 0 Å². The van der Waals surface area contributed by atoms with E-state index in [1.807, 2.05) is 19.9 Å². The maximum absolute atomic E-state index is 10.9. The largest absolute Gasteiger partial charge is 0.481 e. The van der Waals surface area contributed by atoms with Crippen molar-refractivity contribution < 1.29 is 9.90 Å². The maximum atomic E-state index is 10.9. The number of fused-ring (bicyclic) bond motifs is 1. The van der Waals surface area contributed by atoms with Crippen molar-refractivity contribution in [3.05, 3.63) is 28.7 Å². The highest BCUT2D eigenvalue weighted by Crippen LogP contribution is 2.36. The molecule has 1 aliphatic carbocycles. The van der Waals surface area contributed by atoms with Gasteiger partial charge in [-0.3, -0.25) is 4.79 Å². The van der Waals surface area contributed by atoms with Crippen molar-refractivity contribution in [3.8, 4) is 0 Å². The first-order valence-corrected chi connectivity index (χ1v) is 6.64. The molecule has 3 rings (SSSR count). The van der Waals surface area contributed by atoms with Gasteiger partial charge in [-0.15, -0.1) is 0 Å². The van der Waals surface area contributed by atoms with E-state index < -0.39 is 5.97 Å². The average Bonchev–Trinajstić information content (AvgIpc) is 2.65. The summed E-state index contributed by atoms with van der Waals surface area (Å²) in [4.78, 5) is 15.4. The summed E-state index contributed by atoms with van der Waals surface area (Å²) in [6.07, 6.45) is 3.67. The molecule has 0 aliphatic heterocycles. The molecule has 0 unspecified atom stereocenters. The Morgan fingerprint density at radius 2 is 2.21 bits per heavy atom. The summed E-state index contributed by atoms with van der Waals surface area (Å²) in [5.74, 6) is -0.275. The SMILES string of the molecule is Cc1nc2cc(C3CCC3)nn2c(C)c1CC(=O)O. The Bertz CT molecular complexity index is 656. The zero-order valence-electron chi connectivity index (χ0n) is 11.2. The summed E-state index contributed by atoms with van der Waals surface area (Å²) in [6.45, 7) is 3.78. The van der Waals surface area contributed by atoms with Crippen LogP contribution in [-0.2, 0) is 11.2 Å². The highest BCUT2D eigenvalue weighted by molar-refractivity contribution is 5.71. The molecule has 5 heteroatoms. The number of hydrogen-bond donors (Lipinski definition) is 1. The fourth-order valence-electron chi connectivity index (χ4n) is 2.65. The number of hydrogen-bond acceptors (Lipinski definition) is 3. The third-order valence-electron chi connectivity index (χ3n) is 4.03. The van der Waals surface area contributed by atoms with Gasteiger partial charge >= 0.3 is 5.97 Å². The molecule has 2 aromatic heterocycles. The molecule has 0 radical (unpaired) electrons. The lowest BCUT2D eigenvalue weighted by Gasteiger charge is -2.22. The van der Waals surface area contributed by atoms with Crippen LogP contribution in [0, 0.1) is 13.8 Å². The predicted molar refractivity (Wildman–Crippen MR) is 70.4 cm³/mol. The Balaban J connectivity index is 2.11. The van der Waals surface area contributed by atoms with Crippen LogP contribution >= 0.6 is 0 Å². The van der Waals surface area contributed by atoms with Gasteiger partial charge < -0.3 is 5.11 Å². The molecule has 1 aliphatic rings. The van der Waals surface area contributed by atoms with Crippen LogP contribution in [0.15, 0.2) is 6.07 Å². The fraction of sp³-hybridized carbons (Fsp3) is 0.500. The van der Waals surface area contributed by atoms with Crippen molar-refractivity contribution >= 4 is 11.6 Å². The summed E-state index contributed by atoms with van der Waals surface area (Å²) in [7, 11) is 0. The van der Waals surface area contributed by atoms with Crippen LogP contribution in [0.1, 0.15) is 47.8 Å². The van der Waals surface area contributed by atoms with E-state index >= 15 is 0 Å². The molecule has 0 spiro atoms. The minimum absolute atomic E-state index is 0.000765. The normalized spacial score (nSPS) is 15.7. The second-order valence-corrected chi connectivity index (χ2v) is 5.30. The first-order chi connectivity index (χ1) is 9.06. The van der Waals surface area contributed by atoms with E-state index in [0.29, 0.717) is 5.92 Å². The minimum Gasteiger partial charge on any atom is -0.481 e. The van der Waals surface area contributed by atoms with Gasteiger partial charge in [0.2, 0.25) is 0 Å². The molecule has 1 saturated carbocycles. The first-order valence-electron chi connectivity index (χ1n) is 6.64. The lowest BCUT2D eigenvalue weighted by Crippen LogP contribution is -2.11. The number of aliphatic carboxylic acids is 1. The zero-order valence-corrected chi connectivity index (χ0v) is 11.2. The third-order valence-corrected chi connectivity index (χ3v) is 4.03. The third kappa shape index (κ3) is 1.99. The standard InChI is InChI=1S/C14H17N3O2/c1-8-11(6-14(18)19)9(2)17-13(15-8)7-12(16-17)10-4-3-5-10/h7,10H,3-6H2,1-2H3,(H,18,19). The molecule has 0 aromatic carbocycles. The molecule has 0 atom stereocenters. The topological polar surface area (TPSA) is 67.5 Å². The average molecular weight is 259 g/mol. The van der Waals surface area contributed by atoms with E-state index in [2.05, 4.69) is 10.1 Å². The lowest BCUT2D eigenvalue weighted by atomic mass is 9.83. The van der Waals surface area contributed by atoms with Gasteiger partial charge in [0.15, 0.2) is 5.65 Å². The van der Waals surface area contributed by atoms with Gasteiger partial charge in [0.05, 0.1) is 12.1 Å². The molecule has 0 amide bonds. The summed E-state index contributed by atoms with van der Waals surface area (Å²) in [6, 6.07) is 2.04. The Labute approximate surface area is 111 Å². The molecular weight excluding hydrogens is 242 g/mol. The second-order valence-electron chi connectivity index (χ2n) is 5.30. The van der Waals surface area contributed by atoms with Crippen molar-refractivity contribution in [1.29, 1.82) is 0 Å². The van der Waals surface area contributed by atoms with Crippen LogP contribution in [0.5, 0.6) is 0 Å². The molecule has 100 valence electrons. The van der Waals surface area contributed by atoms with Gasteiger partial charge in [0, 0.05) is 28.9 Å². The van der Waals surface area contributed by atoms with E-state index in [1.54, 1.807) is 4.52 Å². The Hall–Kier alpha value is -1.91. The Kier molecular flexibility index (Phi) is 2.77. The van der Waals surface area contributed by atoms with Crippen LogP contribution in [0.25, 0.3) is 5.65 Å². The number of carboxylic acids is 1. The molecule has 2 aromatic rings. The number of aryl methyl sites for hydroxylation is 2.